The van der Waals surface area contributed by atoms with Gasteiger partial charge in [0.15, 0.2) is 5.65 Å². The minimum Gasteiger partial charge on any atom is -0.474 e. The smallest absolute Gasteiger partial charge is 0.217 e. The number of piperidine rings is 1. The van der Waals surface area contributed by atoms with Crippen LogP contribution in [-0.2, 0) is 0 Å². The lowest BCUT2D eigenvalue weighted by Crippen LogP contribution is -2.38. The van der Waals surface area contributed by atoms with E-state index in [1.54, 1.807) is 23.0 Å². The van der Waals surface area contributed by atoms with Crippen molar-refractivity contribution in [2.75, 3.05) is 18.0 Å². The average Bonchev–Trinajstić information content (AvgIpc) is 3.10. The van der Waals surface area contributed by atoms with Gasteiger partial charge in [0.25, 0.3) is 0 Å². The second-order valence-electron chi connectivity index (χ2n) is 5.72. The third-order valence-electron chi connectivity index (χ3n) is 4.16. The third-order valence-corrected chi connectivity index (χ3v) is 4.16. The summed E-state index contributed by atoms with van der Waals surface area (Å²) in [5.41, 5.74) is 1.37. The van der Waals surface area contributed by atoms with E-state index in [1.165, 1.54) is 0 Å². The van der Waals surface area contributed by atoms with Crippen LogP contribution in [0.25, 0.3) is 5.65 Å². The van der Waals surface area contributed by atoms with Crippen molar-refractivity contribution < 1.29 is 4.74 Å². The van der Waals surface area contributed by atoms with Crippen LogP contribution in [-0.4, -0.2) is 38.8 Å². The zero-order chi connectivity index (χ0) is 16.4. The van der Waals surface area contributed by atoms with E-state index in [1.807, 2.05) is 24.4 Å². The van der Waals surface area contributed by atoms with Crippen LogP contribution in [0, 0.1) is 11.3 Å². The first-order valence-electron chi connectivity index (χ1n) is 7.90. The van der Waals surface area contributed by atoms with Crippen LogP contribution in [0.5, 0.6) is 5.88 Å². The number of nitriles is 1. The quantitative estimate of drug-likeness (QED) is 0.735. The molecule has 0 unspecified atom stereocenters. The molecule has 0 aromatic carbocycles. The first kappa shape index (κ1) is 14.5. The molecule has 7 heteroatoms. The third kappa shape index (κ3) is 2.86. The fourth-order valence-electron chi connectivity index (χ4n) is 2.87. The molecule has 0 N–H and O–H groups in total. The van der Waals surface area contributed by atoms with Gasteiger partial charge in [-0.1, -0.05) is 0 Å². The van der Waals surface area contributed by atoms with Gasteiger partial charge in [-0.3, -0.25) is 0 Å². The maximum Gasteiger partial charge on any atom is 0.217 e. The van der Waals surface area contributed by atoms with Crippen molar-refractivity contribution in [1.29, 1.82) is 5.26 Å². The van der Waals surface area contributed by atoms with Gasteiger partial charge in [-0.15, -0.1) is 0 Å². The van der Waals surface area contributed by atoms with E-state index in [4.69, 9.17) is 10.00 Å². The minimum atomic E-state index is 0.150. The molecule has 7 nitrogen and oxygen atoms in total. The van der Waals surface area contributed by atoms with Crippen LogP contribution in [0.2, 0.25) is 0 Å². The molecule has 3 aromatic rings. The number of ether oxygens (including phenoxy) is 1. The van der Waals surface area contributed by atoms with E-state index < -0.39 is 0 Å². The highest BCUT2D eigenvalue weighted by Gasteiger charge is 2.22. The summed E-state index contributed by atoms with van der Waals surface area (Å²) < 4.78 is 7.73. The molecular formula is C17H16N6O. The number of nitrogens with zero attached hydrogens (tertiary/aromatic N) is 6. The summed E-state index contributed by atoms with van der Waals surface area (Å²) in [5, 5.41) is 13.0. The highest BCUT2D eigenvalue weighted by molar-refractivity contribution is 5.42. The van der Waals surface area contributed by atoms with Gasteiger partial charge in [-0.25, -0.2) is 9.50 Å². The molecular weight excluding hydrogens is 304 g/mol. The maximum atomic E-state index is 8.83. The van der Waals surface area contributed by atoms with Crippen molar-refractivity contribution in [2.45, 2.75) is 18.9 Å². The van der Waals surface area contributed by atoms with E-state index in [0.717, 1.165) is 37.4 Å². The second kappa shape index (κ2) is 6.16. The summed E-state index contributed by atoms with van der Waals surface area (Å²) >= 11 is 0. The number of pyridine rings is 1. The van der Waals surface area contributed by atoms with Gasteiger partial charge in [0, 0.05) is 50.5 Å². The number of fused-ring (bicyclic) bond motifs is 1. The average molecular weight is 320 g/mol. The standard InChI is InChI=1S/C17H16N6O/c18-11-13-1-2-15(19-12-13)22-8-4-14(5-9-22)24-17-6-10-23-16(21-17)3-7-20-23/h1-3,6-7,10,12,14H,4-5,8-9H2. The highest BCUT2D eigenvalue weighted by Crippen LogP contribution is 2.21. The number of anilines is 1. The highest BCUT2D eigenvalue weighted by atomic mass is 16.5. The van der Waals surface area contributed by atoms with Crippen molar-refractivity contribution in [3.05, 3.63) is 48.4 Å². The molecule has 4 heterocycles. The molecule has 0 bridgehead atoms. The molecule has 0 aliphatic carbocycles. The van der Waals surface area contributed by atoms with E-state index in [0.29, 0.717) is 11.4 Å². The first-order valence-corrected chi connectivity index (χ1v) is 7.90. The fraction of sp³-hybridized carbons (Fsp3) is 0.294. The molecule has 0 radical (unpaired) electrons. The van der Waals surface area contributed by atoms with Crippen molar-refractivity contribution in [3.63, 3.8) is 0 Å². The predicted molar refractivity (Wildman–Crippen MR) is 87.8 cm³/mol. The summed E-state index contributed by atoms with van der Waals surface area (Å²) in [6.45, 7) is 1.75. The molecule has 1 aliphatic rings. The van der Waals surface area contributed by atoms with E-state index >= 15 is 0 Å². The Kier molecular flexibility index (Phi) is 3.71. The second-order valence-corrected chi connectivity index (χ2v) is 5.72. The SMILES string of the molecule is N#Cc1ccc(N2CCC(Oc3ccn4nccc4n3)CC2)nc1. The number of aromatic nitrogens is 4. The molecule has 120 valence electrons. The molecule has 1 aliphatic heterocycles. The Hall–Kier alpha value is -3.14. The van der Waals surface area contributed by atoms with Crippen molar-refractivity contribution in [3.8, 4) is 11.9 Å². The van der Waals surface area contributed by atoms with Gasteiger partial charge in [0.1, 0.15) is 18.0 Å². The van der Waals surface area contributed by atoms with E-state index in [2.05, 4.69) is 26.0 Å². The molecule has 0 saturated carbocycles. The normalized spacial score (nSPS) is 15.4. The lowest BCUT2D eigenvalue weighted by atomic mass is 10.1. The van der Waals surface area contributed by atoms with E-state index in [9.17, 15) is 0 Å². The largest absolute Gasteiger partial charge is 0.474 e. The summed E-state index contributed by atoms with van der Waals surface area (Å²) in [6, 6.07) is 9.48. The van der Waals surface area contributed by atoms with Crippen molar-refractivity contribution in [2.24, 2.45) is 0 Å². The van der Waals surface area contributed by atoms with Gasteiger partial charge in [0.05, 0.1) is 11.8 Å². The first-order chi connectivity index (χ1) is 11.8. The Morgan fingerprint density at radius 3 is 2.79 bits per heavy atom. The Morgan fingerprint density at radius 1 is 1.17 bits per heavy atom. The maximum absolute atomic E-state index is 8.83. The Labute approximate surface area is 139 Å². The molecule has 1 saturated heterocycles. The molecule has 4 rings (SSSR count). The van der Waals surface area contributed by atoms with Crippen molar-refractivity contribution in [1.82, 2.24) is 19.6 Å². The summed E-state index contributed by atoms with van der Waals surface area (Å²) in [6.07, 6.45) is 7.16. The van der Waals surface area contributed by atoms with Gasteiger partial charge in [0.2, 0.25) is 5.88 Å². The van der Waals surface area contributed by atoms with Crippen LogP contribution in [0.3, 0.4) is 0 Å². The van der Waals surface area contributed by atoms with Crippen LogP contribution in [0.15, 0.2) is 42.9 Å². The zero-order valence-corrected chi connectivity index (χ0v) is 13.0. The molecule has 3 aromatic heterocycles. The van der Waals surface area contributed by atoms with Gasteiger partial charge < -0.3 is 9.64 Å². The summed E-state index contributed by atoms with van der Waals surface area (Å²) in [4.78, 5) is 11.0. The van der Waals surface area contributed by atoms with Crippen LogP contribution < -0.4 is 9.64 Å². The van der Waals surface area contributed by atoms with Crippen LogP contribution >= 0.6 is 0 Å². The fourth-order valence-corrected chi connectivity index (χ4v) is 2.87. The molecule has 0 spiro atoms. The van der Waals surface area contributed by atoms with Gasteiger partial charge in [-0.05, 0) is 12.1 Å². The summed E-state index contributed by atoms with van der Waals surface area (Å²) in [5.74, 6) is 1.55. The Morgan fingerprint density at radius 2 is 2.04 bits per heavy atom. The topological polar surface area (TPSA) is 79.3 Å². The number of hydrogen-bond acceptors (Lipinski definition) is 6. The van der Waals surface area contributed by atoms with Crippen LogP contribution in [0.1, 0.15) is 18.4 Å². The zero-order valence-electron chi connectivity index (χ0n) is 13.0. The monoisotopic (exact) mass is 320 g/mol. The number of rotatable bonds is 3. The minimum absolute atomic E-state index is 0.150. The molecule has 0 atom stereocenters. The lowest BCUT2D eigenvalue weighted by Gasteiger charge is -2.32. The lowest BCUT2D eigenvalue weighted by molar-refractivity contribution is 0.164. The van der Waals surface area contributed by atoms with E-state index in [-0.39, 0.29) is 6.10 Å². The van der Waals surface area contributed by atoms with Crippen molar-refractivity contribution >= 4 is 11.5 Å². The summed E-state index contributed by atoms with van der Waals surface area (Å²) in [7, 11) is 0. The van der Waals surface area contributed by atoms with Gasteiger partial charge in [-0.2, -0.15) is 15.3 Å². The molecule has 24 heavy (non-hydrogen) atoms. The number of hydrogen-bond donors (Lipinski definition) is 0. The Balaban J connectivity index is 1.37. The molecule has 0 amide bonds. The van der Waals surface area contributed by atoms with Crippen LogP contribution in [0.4, 0.5) is 5.82 Å². The van der Waals surface area contributed by atoms with Gasteiger partial charge >= 0.3 is 0 Å². The molecule has 1 fully saturated rings. The predicted octanol–water partition coefficient (Wildman–Crippen LogP) is 2.04. The Bertz CT molecular complexity index is 874.